The first-order chi connectivity index (χ1) is 9.01. The average molecular weight is 285 g/mol. The number of halogens is 1. The second kappa shape index (κ2) is 6.12. The lowest BCUT2D eigenvalue weighted by atomic mass is 10.0. The van der Waals surface area contributed by atoms with Gasteiger partial charge in [0, 0.05) is 11.3 Å². The van der Waals surface area contributed by atoms with Crippen LogP contribution < -0.4 is 4.74 Å². The lowest BCUT2D eigenvalue weighted by Gasteiger charge is -2.17. The molecule has 2 rings (SSSR count). The Morgan fingerprint density at radius 3 is 2.37 bits per heavy atom. The largest absolute Gasteiger partial charge is 0.493 e. The number of ether oxygens (including phenoxy) is 1. The van der Waals surface area contributed by atoms with Crippen molar-refractivity contribution in [2.75, 3.05) is 6.61 Å². The highest BCUT2D eigenvalue weighted by Crippen LogP contribution is 2.31. The quantitative estimate of drug-likeness (QED) is 0.836. The average Bonchev–Trinajstić information content (AvgIpc) is 2.65. The highest BCUT2D eigenvalue weighted by molar-refractivity contribution is 6.20. The molecule has 0 saturated heterocycles. The van der Waals surface area contributed by atoms with Crippen molar-refractivity contribution in [3.05, 3.63) is 28.8 Å². The maximum absolute atomic E-state index is 9.83. The number of hydrogen-bond acceptors (Lipinski definition) is 3. The molecule has 3 atom stereocenters. The van der Waals surface area contributed by atoms with Crippen LogP contribution in [-0.2, 0) is 6.61 Å². The Kier molecular flexibility index (Phi) is 4.71. The zero-order valence-corrected chi connectivity index (χ0v) is 12.2. The third kappa shape index (κ3) is 3.41. The SMILES string of the molecule is Cc1cc(OC[C@@H]2C[C@H](Cl)C[C@H]2O)cc(C)c1CO. The third-order valence-electron chi connectivity index (χ3n) is 3.89. The number of aryl methyl sites for hydroxylation is 2. The molecule has 0 aliphatic heterocycles. The summed E-state index contributed by atoms with van der Waals surface area (Å²) in [5, 5.41) is 19.2. The van der Waals surface area contributed by atoms with E-state index in [-0.39, 0.29) is 24.0 Å². The minimum absolute atomic E-state index is 0.0488. The van der Waals surface area contributed by atoms with Crippen LogP contribution in [0.4, 0.5) is 0 Å². The monoisotopic (exact) mass is 284 g/mol. The smallest absolute Gasteiger partial charge is 0.119 e. The van der Waals surface area contributed by atoms with Crippen LogP contribution in [-0.4, -0.2) is 28.3 Å². The fraction of sp³-hybridized carbons (Fsp3) is 0.600. The number of hydrogen-bond donors (Lipinski definition) is 2. The van der Waals surface area contributed by atoms with Gasteiger partial charge in [0.2, 0.25) is 0 Å². The summed E-state index contributed by atoms with van der Waals surface area (Å²) in [5.41, 5.74) is 3.01. The van der Waals surface area contributed by atoms with E-state index in [1.54, 1.807) is 0 Å². The Bertz CT molecular complexity index is 424. The predicted octanol–water partition coefficient (Wildman–Crippen LogP) is 2.55. The second-order valence-electron chi connectivity index (χ2n) is 5.40. The van der Waals surface area contributed by atoms with Gasteiger partial charge in [-0.3, -0.25) is 0 Å². The van der Waals surface area contributed by atoms with Crippen molar-refractivity contribution < 1.29 is 14.9 Å². The number of rotatable bonds is 4. The fourth-order valence-corrected chi connectivity index (χ4v) is 3.12. The summed E-state index contributed by atoms with van der Waals surface area (Å²) in [6, 6.07) is 3.86. The number of alkyl halides is 1. The van der Waals surface area contributed by atoms with Crippen molar-refractivity contribution in [2.45, 2.75) is 44.8 Å². The van der Waals surface area contributed by atoms with Gasteiger partial charge in [0.05, 0.1) is 19.3 Å². The summed E-state index contributed by atoms with van der Waals surface area (Å²) in [7, 11) is 0. The molecule has 1 aliphatic carbocycles. The van der Waals surface area contributed by atoms with Crippen molar-refractivity contribution >= 4 is 11.6 Å². The van der Waals surface area contributed by atoms with E-state index in [2.05, 4.69) is 0 Å². The Morgan fingerprint density at radius 2 is 1.89 bits per heavy atom. The summed E-state index contributed by atoms with van der Waals surface area (Å²) in [6.45, 7) is 4.46. The van der Waals surface area contributed by atoms with Crippen molar-refractivity contribution in [3.63, 3.8) is 0 Å². The van der Waals surface area contributed by atoms with Gasteiger partial charge in [-0.25, -0.2) is 0 Å². The van der Waals surface area contributed by atoms with E-state index in [4.69, 9.17) is 16.3 Å². The first-order valence-electron chi connectivity index (χ1n) is 6.67. The molecule has 1 aliphatic rings. The molecule has 0 heterocycles. The molecule has 0 amide bonds. The normalized spacial score (nSPS) is 26.7. The van der Waals surface area contributed by atoms with Gasteiger partial charge in [-0.2, -0.15) is 0 Å². The number of benzene rings is 1. The van der Waals surface area contributed by atoms with Crippen molar-refractivity contribution in [1.29, 1.82) is 0 Å². The lowest BCUT2D eigenvalue weighted by Crippen LogP contribution is -2.20. The van der Waals surface area contributed by atoms with Crippen LogP contribution >= 0.6 is 11.6 Å². The van der Waals surface area contributed by atoms with Gasteiger partial charge in [-0.15, -0.1) is 11.6 Å². The van der Waals surface area contributed by atoms with Gasteiger partial charge in [-0.05, 0) is 55.5 Å². The molecule has 106 valence electrons. The maximum Gasteiger partial charge on any atom is 0.119 e. The minimum atomic E-state index is -0.360. The maximum atomic E-state index is 9.83. The molecule has 0 spiro atoms. The summed E-state index contributed by atoms with van der Waals surface area (Å²) < 4.78 is 5.77. The van der Waals surface area contributed by atoms with E-state index in [0.29, 0.717) is 13.0 Å². The molecule has 0 bridgehead atoms. The van der Waals surface area contributed by atoms with Crippen LogP contribution in [0.15, 0.2) is 12.1 Å². The topological polar surface area (TPSA) is 49.7 Å². The van der Waals surface area contributed by atoms with Crippen molar-refractivity contribution in [2.24, 2.45) is 5.92 Å². The predicted molar refractivity (Wildman–Crippen MR) is 75.7 cm³/mol. The molecule has 0 unspecified atom stereocenters. The minimum Gasteiger partial charge on any atom is -0.493 e. The van der Waals surface area contributed by atoms with Gasteiger partial charge < -0.3 is 14.9 Å². The fourth-order valence-electron chi connectivity index (χ4n) is 2.71. The van der Waals surface area contributed by atoms with Crippen LogP contribution in [0.1, 0.15) is 29.5 Å². The zero-order valence-electron chi connectivity index (χ0n) is 11.4. The van der Waals surface area contributed by atoms with Crippen molar-refractivity contribution in [1.82, 2.24) is 0 Å². The van der Waals surface area contributed by atoms with Gasteiger partial charge in [0.25, 0.3) is 0 Å². The molecule has 1 saturated carbocycles. The zero-order chi connectivity index (χ0) is 14.0. The first-order valence-corrected chi connectivity index (χ1v) is 7.10. The van der Waals surface area contributed by atoms with E-state index in [0.717, 1.165) is 28.9 Å². The molecule has 1 aromatic rings. The van der Waals surface area contributed by atoms with E-state index < -0.39 is 0 Å². The van der Waals surface area contributed by atoms with Crippen LogP contribution in [0.25, 0.3) is 0 Å². The summed E-state index contributed by atoms with van der Waals surface area (Å²) >= 11 is 6.03. The van der Waals surface area contributed by atoms with Gasteiger partial charge in [0.15, 0.2) is 0 Å². The standard InChI is InChI=1S/C15H21ClO3/c1-9-3-13(4-10(2)14(9)7-17)19-8-11-5-12(16)6-15(11)18/h3-4,11-12,15,17-18H,5-8H2,1-2H3/t11-,12-,15+/m0/s1. The van der Waals surface area contributed by atoms with Crippen molar-refractivity contribution in [3.8, 4) is 5.75 Å². The van der Waals surface area contributed by atoms with Crippen LogP contribution in [0.3, 0.4) is 0 Å². The van der Waals surface area contributed by atoms with Gasteiger partial charge in [-0.1, -0.05) is 0 Å². The third-order valence-corrected chi connectivity index (χ3v) is 4.25. The first kappa shape index (κ1) is 14.6. The molecule has 1 aromatic carbocycles. The van der Waals surface area contributed by atoms with Gasteiger partial charge in [0.1, 0.15) is 5.75 Å². The van der Waals surface area contributed by atoms with Crippen LogP contribution in [0.5, 0.6) is 5.75 Å². The van der Waals surface area contributed by atoms with E-state index in [1.165, 1.54) is 0 Å². The summed E-state index contributed by atoms with van der Waals surface area (Å²) in [6.07, 6.45) is 1.09. The summed E-state index contributed by atoms with van der Waals surface area (Å²) in [4.78, 5) is 0. The highest BCUT2D eigenvalue weighted by atomic mass is 35.5. The van der Waals surface area contributed by atoms with E-state index in [1.807, 2.05) is 26.0 Å². The molecule has 4 heteroatoms. The molecule has 2 N–H and O–H groups in total. The Morgan fingerprint density at radius 1 is 1.26 bits per heavy atom. The van der Waals surface area contributed by atoms with Gasteiger partial charge >= 0.3 is 0 Å². The second-order valence-corrected chi connectivity index (χ2v) is 6.02. The molecule has 1 fully saturated rings. The summed E-state index contributed by atoms with van der Waals surface area (Å²) in [5.74, 6) is 0.901. The molecular weight excluding hydrogens is 264 g/mol. The Labute approximate surface area is 119 Å². The van der Waals surface area contributed by atoms with E-state index in [9.17, 15) is 10.2 Å². The molecule has 19 heavy (non-hydrogen) atoms. The number of aliphatic hydroxyl groups excluding tert-OH is 2. The number of aliphatic hydroxyl groups is 2. The van der Waals surface area contributed by atoms with E-state index >= 15 is 0 Å². The Balaban J connectivity index is 2.00. The molecule has 0 radical (unpaired) electrons. The van der Waals surface area contributed by atoms with Crippen LogP contribution in [0, 0.1) is 19.8 Å². The molecular formula is C15H21ClO3. The molecule has 3 nitrogen and oxygen atoms in total. The Hall–Kier alpha value is -0.770. The molecule has 0 aromatic heterocycles. The van der Waals surface area contributed by atoms with Crippen LogP contribution in [0.2, 0.25) is 0 Å². The lowest BCUT2D eigenvalue weighted by molar-refractivity contribution is 0.0985. The highest BCUT2D eigenvalue weighted by Gasteiger charge is 2.32.